The zero-order valence-electron chi connectivity index (χ0n) is 15.6. The Hall–Kier alpha value is -3.19. The Kier molecular flexibility index (Phi) is 5.08. The van der Waals surface area contributed by atoms with Crippen molar-refractivity contribution in [3.8, 4) is 0 Å². The first kappa shape index (κ1) is 18.2. The number of anilines is 1. The molecule has 144 valence electrons. The summed E-state index contributed by atoms with van der Waals surface area (Å²) in [4.78, 5) is 26.9. The van der Waals surface area contributed by atoms with Crippen LogP contribution in [0.1, 0.15) is 29.0 Å². The maximum absolute atomic E-state index is 12.8. The molecule has 1 aromatic heterocycles. The smallest absolute Gasteiger partial charge is 0.272 e. The number of aromatic nitrogens is 2. The summed E-state index contributed by atoms with van der Waals surface area (Å²) in [7, 11) is 0. The topological polar surface area (TPSA) is 87.3 Å². The van der Waals surface area contributed by atoms with Crippen LogP contribution in [-0.4, -0.2) is 42.4 Å². The summed E-state index contributed by atoms with van der Waals surface area (Å²) in [5.74, 6) is -0.322. The number of benzene rings is 2. The zero-order chi connectivity index (χ0) is 19.5. The Bertz CT molecular complexity index is 1040. The Morgan fingerprint density at radius 1 is 1.11 bits per heavy atom. The Morgan fingerprint density at radius 2 is 1.79 bits per heavy atom. The molecule has 3 aromatic rings. The van der Waals surface area contributed by atoms with E-state index >= 15 is 0 Å². The second-order valence-electron chi connectivity index (χ2n) is 6.83. The van der Waals surface area contributed by atoms with E-state index in [1.54, 1.807) is 24.3 Å². The molecule has 1 unspecified atom stereocenters. The maximum atomic E-state index is 12.8. The zero-order valence-corrected chi connectivity index (χ0v) is 15.6. The van der Waals surface area contributed by atoms with Crippen molar-refractivity contribution in [3.05, 3.63) is 70.1 Å². The van der Waals surface area contributed by atoms with E-state index in [-0.39, 0.29) is 23.2 Å². The van der Waals surface area contributed by atoms with Crippen molar-refractivity contribution in [2.75, 3.05) is 31.2 Å². The number of hydrogen-bond acceptors (Lipinski definition) is 5. The highest BCUT2D eigenvalue weighted by Gasteiger charge is 2.17. The molecule has 0 aliphatic carbocycles. The molecule has 7 nitrogen and oxygen atoms in total. The second kappa shape index (κ2) is 7.82. The number of morpholine rings is 1. The van der Waals surface area contributed by atoms with Crippen LogP contribution in [0.2, 0.25) is 0 Å². The van der Waals surface area contributed by atoms with E-state index in [0.717, 1.165) is 37.6 Å². The Morgan fingerprint density at radius 3 is 2.50 bits per heavy atom. The predicted octanol–water partition coefficient (Wildman–Crippen LogP) is 2.25. The average molecular weight is 378 g/mol. The van der Waals surface area contributed by atoms with Gasteiger partial charge in [-0.3, -0.25) is 9.59 Å². The fourth-order valence-electron chi connectivity index (χ4n) is 3.43. The molecule has 2 heterocycles. The summed E-state index contributed by atoms with van der Waals surface area (Å²) in [6, 6.07) is 14.9. The van der Waals surface area contributed by atoms with Crippen LogP contribution in [-0.2, 0) is 4.74 Å². The molecule has 0 radical (unpaired) electrons. The van der Waals surface area contributed by atoms with Gasteiger partial charge in [0.25, 0.3) is 11.5 Å². The van der Waals surface area contributed by atoms with E-state index in [4.69, 9.17) is 4.74 Å². The van der Waals surface area contributed by atoms with Gasteiger partial charge in [-0.05, 0) is 30.7 Å². The lowest BCUT2D eigenvalue weighted by Gasteiger charge is -2.29. The van der Waals surface area contributed by atoms with Gasteiger partial charge in [0.05, 0.1) is 24.6 Å². The lowest BCUT2D eigenvalue weighted by atomic mass is 10.1. The van der Waals surface area contributed by atoms with Crippen LogP contribution in [0.3, 0.4) is 0 Å². The van der Waals surface area contributed by atoms with Gasteiger partial charge in [0.2, 0.25) is 0 Å². The van der Waals surface area contributed by atoms with Crippen LogP contribution in [0.15, 0.2) is 53.3 Å². The first-order valence-corrected chi connectivity index (χ1v) is 9.34. The quantitative estimate of drug-likeness (QED) is 0.727. The molecule has 2 N–H and O–H groups in total. The van der Waals surface area contributed by atoms with Gasteiger partial charge in [0.1, 0.15) is 0 Å². The highest BCUT2D eigenvalue weighted by molar-refractivity contribution is 6.04. The number of fused-ring (bicyclic) bond motifs is 1. The molecule has 28 heavy (non-hydrogen) atoms. The lowest BCUT2D eigenvalue weighted by molar-refractivity contribution is 0.0935. The Balaban J connectivity index is 1.50. The van der Waals surface area contributed by atoms with Gasteiger partial charge in [-0.1, -0.05) is 30.3 Å². The first-order chi connectivity index (χ1) is 13.6. The van der Waals surface area contributed by atoms with E-state index in [1.807, 2.05) is 19.1 Å². The highest BCUT2D eigenvalue weighted by atomic mass is 16.5. The average Bonchev–Trinajstić information content (AvgIpc) is 2.75. The third-order valence-electron chi connectivity index (χ3n) is 5.03. The van der Waals surface area contributed by atoms with E-state index in [1.165, 1.54) is 0 Å². The largest absolute Gasteiger partial charge is 0.378 e. The summed E-state index contributed by atoms with van der Waals surface area (Å²) in [6.07, 6.45) is 0. The summed E-state index contributed by atoms with van der Waals surface area (Å²) >= 11 is 0. The number of H-pyrrole nitrogens is 1. The molecule has 1 fully saturated rings. The van der Waals surface area contributed by atoms with Crippen LogP contribution < -0.4 is 15.8 Å². The fourth-order valence-corrected chi connectivity index (χ4v) is 3.43. The maximum Gasteiger partial charge on any atom is 0.272 e. The number of rotatable bonds is 4. The first-order valence-electron chi connectivity index (χ1n) is 9.34. The van der Waals surface area contributed by atoms with Crippen LogP contribution in [0.4, 0.5) is 5.69 Å². The summed E-state index contributed by atoms with van der Waals surface area (Å²) in [6.45, 7) is 5.19. The molecule has 0 saturated carbocycles. The summed E-state index contributed by atoms with van der Waals surface area (Å²) in [5.41, 5.74) is 2.06. The van der Waals surface area contributed by atoms with Gasteiger partial charge in [-0.2, -0.15) is 5.10 Å². The molecule has 7 heteroatoms. The van der Waals surface area contributed by atoms with Crippen molar-refractivity contribution in [2.24, 2.45) is 0 Å². The molecule has 4 rings (SSSR count). The standard InChI is InChI=1S/C21H22N4O3/c1-14(15-6-8-16(9-7-15)25-10-12-28-13-11-25)22-21(27)19-17-4-2-3-5-18(17)20(26)24-23-19/h2-9,14H,10-13H2,1H3,(H,22,27)(H,24,26). The van der Waals surface area contributed by atoms with Gasteiger partial charge >= 0.3 is 0 Å². The normalized spacial score (nSPS) is 15.4. The molecule has 0 spiro atoms. The predicted molar refractivity (Wildman–Crippen MR) is 108 cm³/mol. The minimum atomic E-state index is -0.322. The molecule has 1 saturated heterocycles. The molecule has 1 amide bonds. The molecular formula is C21H22N4O3. The monoisotopic (exact) mass is 378 g/mol. The van der Waals surface area contributed by atoms with Gasteiger partial charge in [0, 0.05) is 24.2 Å². The van der Waals surface area contributed by atoms with Crippen molar-refractivity contribution in [3.63, 3.8) is 0 Å². The van der Waals surface area contributed by atoms with Gasteiger partial charge in [-0.15, -0.1) is 0 Å². The number of ether oxygens (including phenoxy) is 1. The minimum Gasteiger partial charge on any atom is -0.378 e. The van der Waals surface area contributed by atoms with E-state index in [0.29, 0.717) is 10.8 Å². The van der Waals surface area contributed by atoms with Crippen molar-refractivity contribution >= 4 is 22.4 Å². The fraction of sp³-hybridized carbons (Fsp3) is 0.286. The van der Waals surface area contributed by atoms with E-state index in [2.05, 4.69) is 32.5 Å². The third kappa shape index (κ3) is 3.61. The minimum absolute atomic E-state index is 0.196. The lowest BCUT2D eigenvalue weighted by Crippen LogP contribution is -2.36. The molecule has 0 bridgehead atoms. The highest BCUT2D eigenvalue weighted by Crippen LogP contribution is 2.21. The van der Waals surface area contributed by atoms with Crippen LogP contribution in [0.25, 0.3) is 10.8 Å². The number of nitrogens with zero attached hydrogens (tertiary/aromatic N) is 2. The number of aromatic amines is 1. The number of carbonyl (C=O) groups is 1. The molecular weight excluding hydrogens is 356 g/mol. The molecule has 1 aliphatic heterocycles. The van der Waals surface area contributed by atoms with E-state index in [9.17, 15) is 9.59 Å². The third-order valence-corrected chi connectivity index (χ3v) is 5.03. The van der Waals surface area contributed by atoms with E-state index < -0.39 is 0 Å². The van der Waals surface area contributed by atoms with Crippen molar-refractivity contribution < 1.29 is 9.53 Å². The molecule has 1 aliphatic rings. The number of carbonyl (C=O) groups excluding carboxylic acids is 1. The van der Waals surface area contributed by atoms with Crippen molar-refractivity contribution in [1.82, 2.24) is 15.5 Å². The number of nitrogens with one attached hydrogen (secondary N) is 2. The van der Waals surface area contributed by atoms with Crippen LogP contribution >= 0.6 is 0 Å². The summed E-state index contributed by atoms with van der Waals surface area (Å²) in [5, 5.41) is 10.3. The van der Waals surface area contributed by atoms with Gasteiger partial charge in [-0.25, -0.2) is 5.10 Å². The van der Waals surface area contributed by atoms with Gasteiger partial charge < -0.3 is 15.0 Å². The number of amides is 1. The summed E-state index contributed by atoms with van der Waals surface area (Å²) < 4.78 is 5.39. The van der Waals surface area contributed by atoms with Crippen LogP contribution in [0, 0.1) is 0 Å². The molecule has 1 atom stereocenters. The van der Waals surface area contributed by atoms with Gasteiger partial charge in [0.15, 0.2) is 5.69 Å². The SMILES string of the molecule is CC(NC(=O)c1n[nH]c(=O)c2ccccc12)c1ccc(N2CCOCC2)cc1. The molecule has 2 aromatic carbocycles. The van der Waals surface area contributed by atoms with Crippen molar-refractivity contribution in [1.29, 1.82) is 0 Å². The van der Waals surface area contributed by atoms with Crippen molar-refractivity contribution in [2.45, 2.75) is 13.0 Å². The second-order valence-corrected chi connectivity index (χ2v) is 6.83. The van der Waals surface area contributed by atoms with Crippen LogP contribution in [0.5, 0.6) is 0 Å². The number of hydrogen-bond donors (Lipinski definition) is 2. The Labute approximate surface area is 162 Å².